The van der Waals surface area contributed by atoms with Gasteiger partial charge in [-0.15, -0.1) is 0 Å². The minimum Gasteiger partial charge on any atom is -0.496 e. The highest BCUT2D eigenvalue weighted by Gasteiger charge is 2.29. The van der Waals surface area contributed by atoms with Crippen LogP contribution in [0.15, 0.2) is 18.2 Å². The van der Waals surface area contributed by atoms with Crippen LogP contribution in [0.4, 0.5) is 0 Å². The maximum atomic E-state index is 10.3. The van der Waals surface area contributed by atoms with Gasteiger partial charge >= 0.3 is 0 Å². The van der Waals surface area contributed by atoms with Gasteiger partial charge in [-0.05, 0) is 12.1 Å². The first-order valence-corrected chi connectivity index (χ1v) is 6.85. The van der Waals surface area contributed by atoms with Gasteiger partial charge in [0.15, 0.2) is 0 Å². The van der Waals surface area contributed by atoms with Crippen molar-refractivity contribution >= 4 is 11.6 Å². The molecule has 1 aromatic carbocycles. The van der Waals surface area contributed by atoms with Crippen LogP contribution in [0.3, 0.4) is 0 Å². The molecule has 1 aliphatic heterocycles. The van der Waals surface area contributed by atoms with Crippen molar-refractivity contribution in [2.24, 2.45) is 0 Å². The number of ether oxygens (including phenoxy) is 2. The highest BCUT2D eigenvalue weighted by molar-refractivity contribution is 6.31. The third-order valence-corrected chi connectivity index (χ3v) is 3.83. The molecule has 5 heteroatoms. The lowest BCUT2D eigenvalue weighted by Crippen LogP contribution is -2.44. The Morgan fingerprint density at radius 1 is 1.42 bits per heavy atom. The van der Waals surface area contributed by atoms with Crippen molar-refractivity contribution in [1.82, 2.24) is 5.32 Å². The third-order valence-electron chi connectivity index (χ3n) is 3.48. The first kappa shape index (κ1) is 14.6. The molecule has 2 N–H and O–H groups in total. The van der Waals surface area contributed by atoms with Crippen molar-refractivity contribution in [2.45, 2.75) is 25.0 Å². The summed E-state index contributed by atoms with van der Waals surface area (Å²) in [6, 6.07) is 5.58. The van der Waals surface area contributed by atoms with Crippen LogP contribution in [0, 0.1) is 0 Å². The fraction of sp³-hybridized carbons (Fsp3) is 0.571. The van der Waals surface area contributed by atoms with Crippen LogP contribution in [0.5, 0.6) is 5.75 Å². The Morgan fingerprint density at radius 2 is 2.16 bits per heavy atom. The van der Waals surface area contributed by atoms with Crippen molar-refractivity contribution in [3.8, 4) is 5.75 Å². The summed E-state index contributed by atoms with van der Waals surface area (Å²) in [5.74, 6) is 0.763. The second-order valence-corrected chi connectivity index (χ2v) is 5.27. The van der Waals surface area contributed by atoms with E-state index in [0.29, 0.717) is 44.2 Å². The zero-order valence-corrected chi connectivity index (χ0v) is 11.9. The van der Waals surface area contributed by atoms with E-state index >= 15 is 0 Å². The number of aliphatic hydroxyl groups is 1. The molecule has 19 heavy (non-hydrogen) atoms. The number of halogens is 1. The average Bonchev–Trinajstić information content (AvgIpc) is 2.41. The summed E-state index contributed by atoms with van der Waals surface area (Å²) in [4.78, 5) is 0. The smallest absolute Gasteiger partial charge is 0.124 e. The van der Waals surface area contributed by atoms with Gasteiger partial charge in [-0.25, -0.2) is 0 Å². The molecule has 1 aliphatic rings. The molecule has 106 valence electrons. The molecule has 0 unspecified atom stereocenters. The Balaban J connectivity index is 1.92. The van der Waals surface area contributed by atoms with E-state index < -0.39 is 5.60 Å². The molecule has 1 saturated heterocycles. The van der Waals surface area contributed by atoms with Crippen LogP contribution in [-0.4, -0.2) is 37.6 Å². The first-order chi connectivity index (χ1) is 9.14. The van der Waals surface area contributed by atoms with E-state index in [0.717, 1.165) is 11.3 Å². The van der Waals surface area contributed by atoms with E-state index in [-0.39, 0.29) is 0 Å². The van der Waals surface area contributed by atoms with Crippen LogP contribution in [0.1, 0.15) is 18.4 Å². The Bertz CT molecular complexity index is 419. The molecule has 0 aromatic heterocycles. The van der Waals surface area contributed by atoms with Crippen molar-refractivity contribution in [3.63, 3.8) is 0 Å². The Morgan fingerprint density at radius 3 is 2.84 bits per heavy atom. The number of methoxy groups -OCH3 is 1. The molecule has 4 nitrogen and oxygen atoms in total. The van der Waals surface area contributed by atoms with E-state index in [1.165, 1.54) is 0 Å². The number of benzene rings is 1. The van der Waals surface area contributed by atoms with Gasteiger partial charge in [-0.3, -0.25) is 0 Å². The molecule has 0 bridgehead atoms. The summed E-state index contributed by atoms with van der Waals surface area (Å²) < 4.78 is 10.5. The summed E-state index contributed by atoms with van der Waals surface area (Å²) in [6.45, 7) is 2.35. The van der Waals surface area contributed by atoms with Gasteiger partial charge < -0.3 is 19.9 Å². The third kappa shape index (κ3) is 3.83. The van der Waals surface area contributed by atoms with E-state index in [9.17, 15) is 5.11 Å². The molecule has 0 spiro atoms. The molecule has 1 heterocycles. The highest BCUT2D eigenvalue weighted by atomic mass is 35.5. The molecule has 1 fully saturated rings. The number of nitrogens with one attached hydrogen (secondary N) is 1. The maximum Gasteiger partial charge on any atom is 0.124 e. The van der Waals surface area contributed by atoms with Gasteiger partial charge in [-0.2, -0.15) is 0 Å². The van der Waals surface area contributed by atoms with Crippen LogP contribution in [0.25, 0.3) is 0 Å². The minimum absolute atomic E-state index is 0.532. The highest BCUT2D eigenvalue weighted by Crippen LogP contribution is 2.26. The van der Waals surface area contributed by atoms with E-state index in [1.54, 1.807) is 7.11 Å². The minimum atomic E-state index is -0.674. The number of hydrogen-bond donors (Lipinski definition) is 2. The predicted molar refractivity (Wildman–Crippen MR) is 74.7 cm³/mol. The monoisotopic (exact) mass is 285 g/mol. The SMILES string of the molecule is COc1cccc(Cl)c1CNCC1(O)CCOCC1. The second-order valence-electron chi connectivity index (χ2n) is 4.86. The van der Waals surface area contributed by atoms with Crippen molar-refractivity contribution in [3.05, 3.63) is 28.8 Å². The summed E-state index contributed by atoms with van der Waals surface area (Å²) in [5, 5.41) is 14.3. The van der Waals surface area contributed by atoms with Crippen LogP contribution >= 0.6 is 11.6 Å². The first-order valence-electron chi connectivity index (χ1n) is 6.47. The normalized spacial score (nSPS) is 18.3. The summed E-state index contributed by atoms with van der Waals surface area (Å²) >= 11 is 6.16. The van der Waals surface area contributed by atoms with Crippen LogP contribution in [0.2, 0.25) is 5.02 Å². The molecule has 0 radical (unpaired) electrons. The Hall–Kier alpha value is -0.810. The van der Waals surface area contributed by atoms with Crippen molar-refractivity contribution in [1.29, 1.82) is 0 Å². The van der Waals surface area contributed by atoms with E-state index in [4.69, 9.17) is 21.1 Å². The fourth-order valence-electron chi connectivity index (χ4n) is 2.25. The zero-order valence-electron chi connectivity index (χ0n) is 11.1. The van der Waals surface area contributed by atoms with Crippen molar-refractivity contribution in [2.75, 3.05) is 26.9 Å². The average molecular weight is 286 g/mol. The molecule has 0 amide bonds. The molecule has 0 aliphatic carbocycles. The topological polar surface area (TPSA) is 50.7 Å². The largest absolute Gasteiger partial charge is 0.496 e. The lowest BCUT2D eigenvalue weighted by atomic mass is 9.94. The van der Waals surface area contributed by atoms with Gasteiger partial charge in [0.25, 0.3) is 0 Å². The Kier molecular flexibility index (Phi) is 5.05. The summed E-state index contributed by atoms with van der Waals surface area (Å²) in [5.41, 5.74) is 0.245. The molecule has 2 rings (SSSR count). The van der Waals surface area contributed by atoms with Gasteiger partial charge in [0, 0.05) is 49.7 Å². The molecule has 0 saturated carbocycles. The van der Waals surface area contributed by atoms with E-state index in [1.807, 2.05) is 18.2 Å². The molecule has 1 aromatic rings. The molecule has 0 atom stereocenters. The van der Waals surface area contributed by atoms with Crippen LogP contribution < -0.4 is 10.1 Å². The number of hydrogen-bond acceptors (Lipinski definition) is 4. The second kappa shape index (κ2) is 6.57. The van der Waals surface area contributed by atoms with Crippen LogP contribution in [-0.2, 0) is 11.3 Å². The maximum absolute atomic E-state index is 10.3. The quantitative estimate of drug-likeness (QED) is 0.869. The predicted octanol–water partition coefficient (Wildman–Crippen LogP) is 1.98. The lowest BCUT2D eigenvalue weighted by molar-refractivity contribution is -0.0617. The van der Waals surface area contributed by atoms with Gasteiger partial charge in [0.2, 0.25) is 0 Å². The van der Waals surface area contributed by atoms with Crippen molar-refractivity contribution < 1.29 is 14.6 Å². The Labute approximate surface area is 118 Å². The molecular formula is C14H20ClNO3. The van der Waals surface area contributed by atoms with E-state index in [2.05, 4.69) is 5.32 Å². The molecular weight excluding hydrogens is 266 g/mol. The standard InChI is InChI=1S/C14H20ClNO3/c1-18-13-4-2-3-12(15)11(13)9-16-10-14(17)5-7-19-8-6-14/h2-4,16-17H,5-10H2,1H3. The lowest BCUT2D eigenvalue weighted by Gasteiger charge is -2.32. The van der Waals surface area contributed by atoms with Gasteiger partial charge in [0.1, 0.15) is 5.75 Å². The van der Waals surface area contributed by atoms with Gasteiger partial charge in [0.05, 0.1) is 12.7 Å². The summed E-state index contributed by atoms with van der Waals surface area (Å²) in [7, 11) is 1.63. The fourth-order valence-corrected chi connectivity index (χ4v) is 2.48. The van der Waals surface area contributed by atoms with Gasteiger partial charge in [-0.1, -0.05) is 17.7 Å². The number of rotatable bonds is 5. The summed E-state index contributed by atoms with van der Waals surface area (Å²) in [6.07, 6.45) is 1.33. The zero-order chi connectivity index (χ0) is 13.7.